The van der Waals surface area contributed by atoms with Crippen molar-refractivity contribution in [2.24, 2.45) is 5.92 Å². The number of aliphatic carboxylic acids is 1. The van der Waals surface area contributed by atoms with Crippen molar-refractivity contribution in [3.63, 3.8) is 0 Å². The number of nitrogens with one attached hydrogen (secondary N) is 3. The minimum Gasteiger partial charge on any atom is -0.480 e. The van der Waals surface area contributed by atoms with Crippen molar-refractivity contribution in [3.8, 4) is 0 Å². The van der Waals surface area contributed by atoms with E-state index in [-0.39, 0.29) is 11.8 Å². The molecule has 0 aromatic heterocycles. The summed E-state index contributed by atoms with van der Waals surface area (Å²) in [5.74, 6) is -1.66. The summed E-state index contributed by atoms with van der Waals surface area (Å²) in [4.78, 5) is 33.8. The van der Waals surface area contributed by atoms with E-state index >= 15 is 0 Å². The Kier molecular flexibility index (Phi) is 6.77. The van der Waals surface area contributed by atoms with Gasteiger partial charge in [0, 0.05) is 6.54 Å². The SMILES string of the molecule is CCNC(=O)C(C)NC(=O)N[C@@H](C(=O)O)C(C)C. The molecule has 0 aromatic carbocycles. The molecule has 0 saturated carbocycles. The minimum absolute atomic E-state index is 0.243. The lowest BCUT2D eigenvalue weighted by atomic mass is 10.1. The summed E-state index contributed by atoms with van der Waals surface area (Å²) < 4.78 is 0. The summed E-state index contributed by atoms with van der Waals surface area (Å²) in [6, 6.07) is -2.37. The third kappa shape index (κ3) is 5.51. The highest BCUT2D eigenvalue weighted by atomic mass is 16.4. The second-order valence-corrected chi connectivity index (χ2v) is 4.29. The van der Waals surface area contributed by atoms with Gasteiger partial charge < -0.3 is 21.1 Å². The summed E-state index contributed by atoms with van der Waals surface area (Å²) in [7, 11) is 0. The molecule has 0 fully saturated rings. The molecule has 0 aliphatic rings. The molecule has 0 aromatic rings. The van der Waals surface area contributed by atoms with E-state index in [2.05, 4.69) is 16.0 Å². The van der Waals surface area contributed by atoms with Crippen LogP contribution in [0.25, 0.3) is 0 Å². The molecular weight excluding hydrogens is 238 g/mol. The number of carboxylic acid groups (broad SMARTS) is 1. The molecule has 0 saturated heterocycles. The first kappa shape index (κ1) is 16.2. The highest BCUT2D eigenvalue weighted by Crippen LogP contribution is 2.01. The average Bonchev–Trinajstić information content (AvgIpc) is 2.25. The molecule has 3 amide bonds. The number of hydrogen-bond donors (Lipinski definition) is 4. The molecular formula is C11H21N3O4. The Hall–Kier alpha value is -1.79. The molecule has 4 N–H and O–H groups in total. The number of carbonyl (C=O) groups excluding carboxylic acids is 2. The van der Waals surface area contributed by atoms with Crippen molar-refractivity contribution in [2.75, 3.05) is 6.54 Å². The number of rotatable bonds is 6. The number of amides is 3. The van der Waals surface area contributed by atoms with Gasteiger partial charge in [-0.05, 0) is 19.8 Å². The monoisotopic (exact) mass is 259 g/mol. The Balaban J connectivity index is 4.33. The maximum absolute atomic E-state index is 11.5. The van der Waals surface area contributed by atoms with Gasteiger partial charge >= 0.3 is 12.0 Å². The Morgan fingerprint density at radius 3 is 2.06 bits per heavy atom. The molecule has 7 heteroatoms. The molecule has 104 valence electrons. The molecule has 0 aliphatic carbocycles. The third-order valence-corrected chi connectivity index (χ3v) is 2.31. The van der Waals surface area contributed by atoms with Crippen LogP contribution in [0.15, 0.2) is 0 Å². The molecule has 1 unspecified atom stereocenters. The van der Waals surface area contributed by atoms with Crippen LogP contribution in [-0.4, -0.2) is 41.6 Å². The summed E-state index contributed by atoms with van der Waals surface area (Å²) in [6.45, 7) is 7.13. The molecule has 0 bridgehead atoms. The van der Waals surface area contributed by atoms with Crippen LogP contribution in [0.2, 0.25) is 0 Å². The van der Waals surface area contributed by atoms with Crippen LogP contribution in [-0.2, 0) is 9.59 Å². The molecule has 0 rings (SSSR count). The van der Waals surface area contributed by atoms with Crippen molar-refractivity contribution in [1.82, 2.24) is 16.0 Å². The zero-order valence-electron chi connectivity index (χ0n) is 11.1. The number of urea groups is 1. The van der Waals surface area contributed by atoms with Crippen LogP contribution >= 0.6 is 0 Å². The van der Waals surface area contributed by atoms with Crippen LogP contribution in [0.1, 0.15) is 27.7 Å². The van der Waals surface area contributed by atoms with E-state index in [4.69, 9.17) is 5.11 Å². The van der Waals surface area contributed by atoms with Crippen molar-refractivity contribution in [1.29, 1.82) is 0 Å². The highest BCUT2D eigenvalue weighted by molar-refractivity contribution is 5.88. The van der Waals surface area contributed by atoms with Crippen molar-refractivity contribution in [3.05, 3.63) is 0 Å². The number of hydrogen-bond acceptors (Lipinski definition) is 3. The van der Waals surface area contributed by atoms with Crippen LogP contribution < -0.4 is 16.0 Å². The fourth-order valence-electron chi connectivity index (χ4n) is 1.29. The quantitative estimate of drug-likeness (QED) is 0.535. The lowest BCUT2D eigenvalue weighted by Crippen LogP contribution is -2.53. The van der Waals surface area contributed by atoms with E-state index in [1.54, 1.807) is 20.8 Å². The second kappa shape index (κ2) is 7.52. The fraction of sp³-hybridized carbons (Fsp3) is 0.727. The maximum atomic E-state index is 11.5. The number of carbonyl (C=O) groups is 3. The topological polar surface area (TPSA) is 108 Å². The van der Waals surface area contributed by atoms with E-state index in [0.29, 0.717) is 6.54 Å². The minimum atomic E-state index is -1.11. The van der Waals surface area contributed by atoms with E-state index in [9.17, 15) is 14.4 Å². The summed E-state index contributed by atoms with van der Waals surface area (Å²) in [5, 5.41) is 16.1. The summed E-state index contributed by atoms with van der Waals surface area (Å²) >= 11 is 0. The smallest absolute Gasteiger partial charge is 0.326 e. The van der Waals surface area contributed by atoms with Gasteiger partial charge in [0.2, 0.25) is 5.91 Å². The van der Waals surface area contributed by atoms with Gasteiger partial charge in [-0.15, -0.1) is 0 Å². The average molecular weight is 259 g/mol. The second-order valence-electron chi connectivity index (χ2n) is 4.29. The third-order valence-electron chi connectivity index (χ3n) is 2.31. The van der Waals surface area contributed by atoms with Crippen LogP contribution in [0.4, 0.5) is 4.79 Å². The summed E-state index contributed by atoms with van der Waals surface area (Å²) in [5.41, 5.74) is 0. The van der Waals surface area contributed by atoms with Gasteiger partial charge in [-0.1, -0.05) is 13.8 Å². The predicted molar refractivity (Wildman–Crippen MR) is 66.1 cm³/mol. The zero-order chi connectivity index (χ0) is 14.3. The lowest BCUT2D eigenvalue weighted by Gasteiger charge is -2.20. The van der Waals surface area contributed by atoms with Gasteiger partial charge in [0.25, 0.3) is 0 Å². The largest absolute Gasteiger partial charge is 0.480 e. The van der Waals surface area contributed by atoms with E-state index in [1.165, 1.54) is 6.92 Å². The molecule has 0 heterocycles. The van der Waals surface area contributed by atoms with Gasteiger partial charge in [-0.2, -0.15) is 0 Å². The molecule has 0 spiro atoms. The maximum Gasteiger partial charge on any atom is 0.326 e. The predicted octanol–water partition coefficient (Wildman–Crippen LogP) is -0.0806. The standard InChI is InChI=1S/C11H21N3O4/c1-5-12-9(15)7(4)13-11(18)14-8(6(2)3)10(16)17/h6-8H,5H2,1-4H3,(H,12,15)(H,16,17)(H2,13,14,18)/t7?,8-/m1/s1. The first-order chi connectivity index (χ1) is 8.29. The molecule has 0 radical (unpaired) electrons. The zero-order valence-corrected chi connectivity index (χ0v) is 11.1. The Morgan fingerprint density at radius 2 is 1.67 bits per heavy atom. The van der Waals surface area contributed by atoms with E-state index in [1.807, 2.05) is 0 Å². The van der Waals surface area contributed by atoms with Crippen LogP contribution in [0.3, 0.4) is 0 Å². The van der Waals surface area contributed by atoms with Crippen molar-refractivity contribution in [2.45, 2.75) is 39.8 Å². The van der Waals surface area contributed by atoms with Crippen LogP contribution in [0, 0.1) is 5.92 Å². The normalized spacial score (nSPS) is 13.6. The highest BCUT2D eigenvalue weighted by Gasteiger charge is 2.24. The van der Waals surface area contributed by atoms with Crippen LogP contribution in [0.5, 0.6) is 0 Å². The number of carboxylic acids is 1. The Labute approximate surface area is 106 Å². The first-order valence-electron chi connectivity index (χ1n) is 5.87. The van der Waals surface area contributed by atoms with Gasteiger partial charge in [-0.25, -0.2) is 9.59 Å². The first-order valence-corrected chi connectivity index (χ1v) is 5.87. The molecule has 18 heavy (non-hydrogen) atoms. The van der Waals surface area contributed by atoms with Crippen molar-refractivity contribution < 1.29 is 19.5 Å². The molecule has 7 nitrogen and oxygen atoms in total. The molecule has 2 atom stereocenters. The van der Waals surface area contributed by atoms with Gasteiger partial charge in [0.1, 0.15) is 12.1 Å². The van der Waals surface area contributed by atoms with Gasteiger partial charge in [0.15, 0.2) is 0 Å². The van der Waals surface area contributed by atoms with Gasteiger partial charge in [0.05, 0.1) is 0 Å². The Morgan fingerprint density at radius 1 is 1.11 bits per heavy atom. The fourth-order valence-corrected chi connectivity index (χ4v) is 1.29. The van der Waals surface area contributed by atoms with Crippen molar-refractivity contribution >= 4 is 17.9 Å². The van der Waals surface area contributed by atoms with Gasteiger partial charge in [-0.3, -0.25) is 4.79 Å². The summed E-state index contributed by atoms with van der Waals surface area (Å²) in [6.07, 6.45) is 0. The van der Waals surface area contributed by atoms with E-state index < -0.39 is 24.1 Å². The van der Waals surface area contributed by atoms with E-state index in [0.717, 1.165) is 0 Å². The lowest BCUT2D eigenvalue weighted by molar-refractivity contribution is -0.140. The molecule has 0 aliphatic heterocycles. The number of likely N-dealkylation sites (N-methyl/N-ethyl adjacent to an activating group) is 1. The Bertz CT molecular complexity index is 317.